The van der Waals surface area contributed by atoms with Crippen molar-refractivity contribution < 1.29 is 14.3 Å². The van der Waals surface area contributed by atoms with Crippen molar-refractivity contribution in [2.75, 3.05) is 14.2 Å². The fourth-order valence-corrected chi connectivity index (χ4v) is 3.63. The van der Waals surface area contributed by atoms with Crippen LogP contribution in [0.4, 0.5) is 0 Å². The summed E-state index contributed by atoms with van der Waals surface area (Å²) in [4.78, 5) is 12.9. The van der Waals surface area contributed by atoms with Crippen molar-refractivity contribution in [3.8, 4) is 11.5 Å². The molecule has 4 heteroatoms. The lowest BCUT2D eigenvalue weighted by molar-refractivity contribution is 0.0932. The molecule has 2 aromatic rings. The van der Waals surface area contributed by atoms with Crippen LogP contribution >= 0.6 is 0 Å². The van der Waals surface area contributed by atoms with E-state index in [4.69, 9.17) is 9.47 Å². The molecule has 0 fully saturated rings. The highest BCUT2D eigenvalue weighted by molar-refractivity contribution is 5.95. The number of carbonyl (C=O) groups is 1. The number of aryl methyl sites for hydroxylation is 1. The van der Waals surface area contributed by atoms with Gasteiger partial charge in [-0.15, -0.1) is 6.58 Å². The number of hydrogen-bond acceptors (Lipinski definition) is 3. The third-order valence-electron chi connectivity index (χ3n) is 4.86. The number of ether oxygens (including phenoxy) is 2. The molecule has 0 heterocycles. The van der Waals surface area contributed by atoms with Gasteiger partial charge in [-0.1, -0.05) is 30.3 Å². The van der Waals surface area contributed by atoms with Gasteiger partial charge < -0.3 is 14.8 Å². The predicted molar refractivity (Wildman–Crippen MR) is 103 cm³/mol. The molecule has 3 rings (SSSR count). The van der Waals surface area contributed by atoms with Gasteiger partial charge >= 0.3 is 0 Å². The zero-order chi connectivity index (χ0) is 18.5. The van der Waals surface area contributed by atoms with Gasteiger partial charge in [-0.3, -0.25) is 4.79 Å². The number of fused-ring (bicyclic) bond motifs is 1. The fraction of sp³-hybridized carbons (Fsp3) is 0.318. The first-order valence-electron chi connectivity index (χ1n) is 8.92. The summed E-state index contributed by atoms with van der Waals surface area (Å²) in [7, 11) is 3.18. The Bertz CT molecular complexity index is 813. The van der Waals surface area contributed by atoms with Crippen LogP contribution in [-0.4, -0.2) is 20.1 Å². The Labute approximate surface area is 154 Å². The Kier molecular flexibility index (Phi) is 5.61. The number of nitrogens with one attached hydrogen (secondary N) is 1. The van der Waals surface area contributed by atoms with Gasteiger partial charge in [0.2, 0.25) is 0 Å². The highest BCUT2D eigenvalue weighted by Gasteiger charge is 2.23. The Balaban J connectivity index is 1.89. The topological polar surface area (TPSA) is 47.6 Å². The minimum Gasteiger partial charge on any atom is -0.493 e. The molecule has 0 spiro atoms. The Hall–Kier alpha value is -2.75. The molecule has 2 aromatic carbocycles. The van der Waals surface area contributed by atoms with Crippen LogP contribution in [0.25, 0.3) is 0 Å². The van der Waals surface area contributed by atoms with Crippen molar-refractivity contribution in [3.05, 3.63) is 71.3 Å². The van der Waals surface area contributed by atoms with Crippen LogP contribution in [0, 0.1) is 0 Å². The molecule has 0 bridgehead atoms. The quantitative estimate of drug-likeness (QED) is 0.792. The second-order valence-electron chi connectivity index (χ2n) is 6.48. The van der Waals surface area contributed by atoms with Gasteiger partial charge in [-0.05, 0) is 48.9 Å². The number of benzene rings is 2. The maximum atomic E-state index is 12.9. The van der Waals surface area contributed by atoms with Crippen LogP contribution in [-0.2, 0) is 12.8 Å². The van der Waals surface area contributed by atoms with E-state index >= 15 is 0 Å². The van der Waals surface area contributed by atoms with E-state index in [1.54, 1.807) is 26.4 Å². The summed E-state index contributed by atoms with van der Waals surface area (Å²) in [5, 5.41) is 3.19. The van der Waals surface area contributed by atoms with Crippen molar-refractivity contribution >= 4 is 5.91 Å². The number of rotatable bonds is 6. The molecule has 0 aliphatic heterocycles. The SMILES string of the molecule is C=CCc1cc(C(=O)NC2CCCc3ccccc32)cc(OC)c1OC. The molecule has 1 atom stereocenters. The molecule has 26 heavy (non-hydrogen) atoms. The molecule has 1 amide bonds. The smallest absolute Gasteiger partial charge is 0.251 e. The van der Waals surface area contributed by atoms with Crippen LogP contribution < -0.4 is 14.8 Å². The maximum Gasteiger partial charge on any atom is 0.251 e. The van der Waals surface area contributed by atoms with Crippen molar-refractivity contribution in [1.29, 1.82) is 0 Å². The Morgan fingerprint density at radius 1 is 1.27 bits per heavy atom. The van der Waals surface area contributed by atoms with Crippen LogP contribution in [0.5, 0.6) is 11.5 Å². The second-order valence-corrected chi connectivity index (χ2v) is 6.48. The van der Waals surface area contributed by atoms with Gasteiger partial charge in [0.25, 0.3) is 5.91 Å². The molecule has 1 aliphatic carbocycles. The van der Waals surface area contributed by atoms with Gasteiger partial charge in [-0.25, -0.2) is 0 Å². The number of carbonyl (C=O) groups excluding carboxylic acids is 1. The van der Waals surface area contributed by atoms with Gasteiger partial charge in [0.1, 0.15) is 0 Å². The molecule has 1 aliphatic rings. The van der Waals surface area contributed by atoms with Crippen LogP contribution in [0.3, 0.4) is 0 Å². The van der Waals surface area contributed by atoms with Crippen LogP contribution in [0.15, 0.2) is 49.1 Å². The molecule has 0 saturated carbocycles. The lowest BCUT2D eigenvalue weighted by atomic mass is 9.87. The zero-order valence-electron chi connectivity index (χ0n) is 15.4. The number of hydrogen-bond donors (Lipinski definition) is 1. The molecule has 0 saturated heterocycles. The van der Waals surface area contributed by atoms with Crippen LogP contribution in [0.1, 0.15) is 45.9 Å². The normalized spacial score (nSPS) is 15.7. The number of methoxy groups -OCH3 is 2. The largest absolute Gasteiger partial charge is 0.493 e. The van der Waals surface area contributed by atoms with E-state index in [1.807, 2.05) is 12.1 Å². The maximum absolute atomic E-state index is 12.9. The molecular formula is C22H25NO3. The summed E-state index contributed by atoms with van der Waals surface area (Å²) in [5.41, 5.74) is 4.00. The van der Waals surface area contributed by atoms with E-state index in [-0.39, 0.29) is 11.9 Å². The average molecular weight is 351 g/mol. The van der Waals surface area contributed by atoms with Crippen molar-refractivity contribution in [3.63, 3.8) is 0 Å². The lowest BCUT2D eigenvalue weighted by Crippen LogP contribution is -2.31. The highest BCUT2D eigenvalue weighted by Crippen LogP contribution is 2.34. The molecule has 136 valence electrons. The first-order valence-corrected chi connectivity index (χ1v) is 8.92. The minimum atomic E-state index is -0.0991. The first kappa shape index (κ1) is 18.1. The summed E-state index contributed by atoms with van der Waals surface area (Å²) < 4.78 is 10.9. The molecular weight excluding hydrogens is 326 g/mol. The van der Waals surface area contributed by atoms with Gasteiger partial charge in [0.15, 0.2) is 11.5 Å². The van der Waals surface area contributed by atoms with Crippen molar-refractivity contribution in [1.82, 2.24) is 5.32 Å². The Morgan fingerprint density at radius 2 is 2.08 bits per heavy atom. The van der Waals surface area contributed by atoms with E-state index in [9.17, 15) is 4.79 Å². The molecule has 4 nitrogen and oxygen atoms in total. The third-order valence-corrected chi connectivity index (χ3v) is 4.86. The predicted octanol–water partition coefficient (Wildman–Crippen LogP) is 4.24. The third kappa shape index (κ3) is 3.59. The van der Waals surface area contributed by atoms with Crippen molar-refractivity contribution in [2.24, 2.45) is 0 Å². The molecule has 1 unspecified atom stereocenters. The van der Waals surface area contributed by atoms with E-state index < -0.39 is 0 Å². The molecule has 0 radical (unpaired) electrons. The highest BCUT2D eigenvalue weighted by atomic mass is 16.5. The fourth-order valence-electron chi connectivity index (χ4n) is 3.63. The zero-order valence-corrected chi connectivity index (χ0v) is 15.4. The summed E-state index contributed by atoms with van der Waals surface area (Å²) in [6.45, 7) is 3.78. The van der Waals surface area contributed by atoms with E-state index in [1.165, 1.54) is 11.1 Å². The number of allylic oxidation sites excluding steroid dienone is 1. The van der Waals surface area contributed by atoms with Gasteiger partial charge in [0.05, 0.1) is 20.3 Å². The second kappa shape index (κ2) is 8.09. The van der Waals surface area contributed by atoms with Gasteiger partial charge in [-0.2, -0.15) is 0 Å². The van der Waals surface area contributed by atoms with Gasteiger partial charge in [0, 0.05) is 11.1 Å². The standard InChI is InChI=1S/C22H25NO3/c1-4-8-16-13-17(14-20(25-2)21(16)26-3)22(24)23-19-12-7-10-15-9-5-6-11-18(15)19/h4-6,9,11,13-14,19H,1,7-8,10,12H2,2-3H3,(H,23,24). The molecule has 0 aromatic heterocycles. The van der Waals surface area contributed by atoms with Crippen molar-refractivity contribution in [2.45, 2.75) is 31.7 Å². The summed E-state index contributed by atoms with van der Waals surface area (Å²) in [6.07, 6.45) is 5.50. The summed E-state index contributed by atoms with van der Waals surface area (Å²) in [5.74, 6) is 1.10. The van der Waals surface area contributed by atoms with E-state index in [0.717, 1.165) is 24.8 Å². The van der Waals surface area contributed by atoms with E-state index in [0.29, 0.717) is 23.5 Å². The monoisotopic (exact) mass is 351 g/mol. The summed E-state index contributed by atoms with van der Waals surface area (Å²) in [6, 6.07) is 12.0. The average Bonchev–Trinajstić information content (AvgIpc) is 2.67. The Morgan fingerprint density at radius 3 is 2.81 bits per heavy atom. The lowest BCUT2D eigenvalue weighted by Gasteiger charge is -2.26. The summed E-state index contributed by atoms with van der Waals surface area (Å²) >= 11 is 0. The molecule has 1 N–H and O–H groups in total. The van der Waals surface area contributed by atoms with E-state index in [2.05, 4.69) is 30.1 Å². The van der Waals surface area contributed by atoms with Crippen LogP contribution in [0.2, 0.25) is 0 Å². The minimum absolute atomic E-state index is 0.0448. The number of amides is 1. The first-order chi connectivity index (χ1) is 12.7.